The zero-order valence-corrected chi connectivity index (χ0v) is 13.2. The highest BCUT2D eigenvalue weighted by Crippen LogP contribution is 2.27. The van der Waals surface area contributed by atoms with Crippen molar-refractivity contribution in [3.8, 4) is 5.75 Å². The maximum Gasteiger partial charge on any atom is 0.238 e. The number of aromatic nitrogens is 2. The largest absolute Gasteiger partial charge is 0.492 e. The smallest absolute Gasteiger partial charge is 0.238 e. The second-order valence-electron chi connectivity index (χ2n) is 4.19. The van der Waals surface area contributed by atoms with Crippen LogP contribution in [0.25, 0.3) is 0 Å². The zero-order valence-electron chi connectivity index (χ0n) is 10.8. The van der Waals surface area contributed by atoms with Crippen LogP contribution in [0.5, 0.6) is 5.75 Å². The minimum atomic E-state index is -3.70. The molecule has 8 heteroatoms. The van der Waals surface area contributed by atoms with Gasteiger partial charge >= 0.3 is 0 Å². The fourth-order valence-electron chi connectivity index (χ4n) is 1.67. The Morgan fingerprint density at radius 2 is 2.20 bits per heavy atom. The quantitative estimate of drug-likeness (QED) is 0.874. The van der Waals surface area contributed by atoms with Crippen molar-refractivity contribution in [3.63, 3.8) is 0 Å². The molecule has 1 aromatic carbocycles. The predicted octanol–water partition coefficient (Wildman–Crippen LogP) is 1.45. The summed E-state index contributed by atoms with van der Waals surface area (Å²) in [5.74, 6) is 1.48. The number of sulfonamides is 1. The summed E-state index contributed by atoms with van der Waals surface area (Å²) in [6, 6.07) is 4.41. The van der Waals surface area contributed by atoms with Gasteiger partial charge in [-0.25, -0.2) is 18.5 Å². The van der Waals surface area contributed by atoms with E-state index in [-0.39, 0.29) is 4.90 Å². The Kier molecular flexibility index (Phi) is 4.46. The Balaban J connectivity index is 2.02. The van der Waals surface area contributed by atoms with Crippen molar-refractivity contribution in [1.82, 2.24) is 9.55 Å². The minimum absolute atomic E-state index is 0.0424. The highest BCUT2D eigenvalue weighted by Gasteiger charge is 2.11. The van der Waals surface area contributed by atoms with Crippen LogP contribution < -0.4 is 9.88 Å². The van der Waals surface area contributed by atoms with Gasteiger partial charge in [-0.2, -0.15) is 0 Å². The van der Waals surface area contributed by atoms with Crippen molar-refractivity contribution < 1.29 is 13.2 Å². The molecule has 0 unspecified atom stereocenters. The summed E-state index contributed by atoms with van der Waals surface area (Å²) in [7, 11) is -1.79. The van der Waals surface area contributed by atoms with Crippen molar-refractivity contribution in [2.75, 3.05) is 6.61 Å². The number of nitrogens with two attached hydrogens (primary N) is 1. The van der Waals surface area contributed by atoms with Gasteiger partial charge in [0.05, 0.1) is 16.0 Å². The van der Waals surface area contributed by atoms with Crippen LogP contribution in [0.1, 0.15) is 5.82 Å². The molecule has 0 aliphatic heterocycles. The predicted molar refractivity (Wildman–Crippen MR) is 77.9 cm³/mol. The SMILES string of the molecule is Cn1ccnc1CCOc1ccc(S(N)(=O)=O)cc1Br. The Hall–Kier alpha value is -1.38. The minimum Gasteiger partial charge on any atom is -0.492 e. The third-order valence-corrected chi connectivity index (χ3v) is 4.27. The summed E-state index contributed by atoms with van der Waals surface area (Å²) in [6.07, 6.45) is 4.26. The van der Waals surface area contributed by atoms with Gasteiger partial charge in [-0.1, -0.05) is 0 Å². The molecule has 0 fully saturated rings. The van der Waals surface area contributed by atoms with E-state index in [1.54, 1.807) is 12.3 Å². The lowest BCUT2D eigenvalue weighted by molar-refractivity contribution is 0.315. The second-order valence-corrected chi connectivity index (χ2v) is 6.61. The van der Waals surface area contributed by atoms with Crippen LogP contribution in [0.2, 0.25) is 0 Å². The van der Waals surface area contributed by atoms with Gasteiger partial charge < -0.3 is 9.30 Å². The van der Waals surface area contributed by atoms with Crippen LogP contribution in [0.15, 0.2) is 40.0 Å². The highest BCUT2D eigenvalue weighted by molar-refractivity contribution is 9.10. The van der Waals surface area contributed by atoms with E-state index in [9.17, 15) is 8.42 Å². The van der Waals surface area contributed by atoms with Crippen LogP contribution in [0.4, 0.5) is 0 Å². The zero-order chi connectivity index (χ0) is 14.8. The number of imidazole rings is 1. The number of hydrogen-bond donors (Lipinski definition) is 1. The maximum absolute atomic E-state index is 11.2. The molecule has 0 aliphatic carbocycles. The van der Waals surface area contributed by atoms with Crippen LogP contribution >= 0.6 is 15.9 Å². The summed E-state index contributed by atoms with van der Waals surface area (Å²) in [6.45, 7) is 0.443. The van der Waals surface area contributed by atoms with Gasteiger partial charge in [0, 0.05) is 25.9 Å². The van der Waals surface area contributed by atoms with Crippen molar-refractivity contribution in [2.45, 2.75) is 11.3 Å². The molecule has 1 heterocycles. The number of nitrogens with zero attached hydrogens (tertiary/aromatic N) is 2. The standard InChI is InChI=1S/C12H14BrN3O3S/c1-16-6-5-15-12(16)4-7-19-11-3-2-9(8-10(11)13)20(14,17)18/h2-3,5-6,8H,4,7H2,1H3,(H2,14,17,18). The fraction of sp³-hybridized carbons (Fsp3) is 0.250. The van der Waals surface area contributed by atoms with E-state index in [0.717, 1.165) is 5.82 Å². The average Bonchev–Trinajstić information content (AvgIpc) is 2.76. The Morgan fingerprint density at radius 3 is 2.75 bits per heavy atom. The molecule has 2 N–H and O–H groups in total. The van der Waals surface area contributed by atoms with E-state index < -0.39 is 10.0 Å². The summed E-state index contributed by atoms with van der Waals surface area (Å²) in [5, 5.41) is 5.06. The van der Waals surface area contributed by atoms with Gasteiger partial charge in [0.25, 0.3) is 0 Å². The van der Waals surface area contributed by atoms with Crippen molar-refractivity contribution in [3.05, 3.63) is 40.9 Å². The molecular formula is C12H14BrN3O3S. The van der Waals surface area contributed by atoms with E-state index in [1.807, 2.05) is 17.8 Å². The molecular weight excluding hydrogens is 346 g/mol. The molecule has 0 saturated heterocycles. The van der Waals surface area contributed by atoms with Crippen LogP contribution in [-0.2, 0) is 23.5 Å². The van der Waals surface area contributed by atoms with Crippen molar-refractivity contribution in [2.24, 2.45) is 12.2 Å². The second kappa shape index (κ2) is 5.94. The number of benzene rings is 1. The first-order chi connectivity index (χ1) is 9.38. The molecule has 0 aliphatic rings. The molecule has 1 aromatic heterocycles. The molecule has 0 saturated carbocycles. The van der Waals surface area contributed by atoms with Gasteiger partial charge in [0.15, 0.2) is 0 Å². The Labute approximate surface area is 125 Å². The van der Waals surface area contributed by atoms with E-state index in [4.69, 9.17) is 9.88 Å². The summed E-state index contributed by atoms with van der Waals surface area (Å²) < 4.78 is 30.5. The molecule has 2 rings (SSSR count). The first-order valence-corrected chi connectivity index (χ1v) is 8.13. The normalized spacial score (nSPS) is 11.6. The Morgan fingerprint density at radius 1 is 1.45 bits per heavy atom. The maximum atomic E-state index is 11.2. The topological polar surface area (TPSA) is 87.2 Å². The lowest BCUT2D eigenvalue weighted by Gasteiger charge is -2.09. The van der Waals surface area contributed by atoms with Gasteiger partial charge in [-0.05, 0) is 34.1 Å². The number of hydrogen-bond acceptors (Lipinski definition) is 4. The number of halogens is 1. The molecule has 0 spiro atoms. The lowest BCUT2D eigenvalue weighted by atomic mass is 10.3. The highest BCUT2D eigenvalue weighted by atomic mass is 79.9. The van der Waals surface area contributed by atoms with Gasteiger partial charge in [-0.15, -0.1) is 0 Å². The molecule has 2 aromatic rings. The van der Waals surface area contributed by atoms with Gasteiger partial charge in [0.2, 0.25) is 10.0 Å². The fourth-order valence-corrected chi connectivity index (χ4v) is 2.85. The number of rotatable bonds is 5. The number of aryl methyl sites for hydroxylation is 1. The molecule has 6 nitrogen and oxygen atoms in total. The average molecular weight is 360 g/mol. The van der Waals surface area contributed by atoms with Crippen LogP contribution in [0.3, 0.4) is 0 Å². The lowest BCUT2D eigenvalue weighted by Crippen LogP contribution is -2.12. The third kappa shape index (κ3) is 3.59. The van der Waals surface area contributed by atoms with Crippen LogP contribution in [-0.4, -0.2) is 24.6 Å². The van der Waals surface area contributed by atoms with Gasteiger partial charge in [-0.3, -0.25) is 0 Å². The monoisotopic (exact) mass is 359 g/mol. The molecule has 0 bridgehead atoms. The van der Waals surface area contributed by atoms with Crippen molar-refractivity contribution in [1.29, 1.82) is 0 Å². The number of primary sulfonamides is 1. The first-order valence-electron chi connectivity index (χ1n) is 5.79. The molecule has 108 valence electrons. The number of ether oxygens (including phenoxy) is 1. The molecule has 20 heavy (non-hydrogen) atoms. The summed E-state index contributed by atoms with van der Waals surface area (Å²) in [4.78, 5) is 4.23. The third-order valence-electron chi connectivity index (χ3n) is 2.74. The molecule has 0 amide bonds. The van der Waals surface area contributed by atoms with Crippen molar-refractivity contribution >= 4 is 26.0 Å². The summed E-state index contributed by atoms with van der Waals surface area (Å²) in [5.41, 5.74) is 0. The van der Waals surface area contributed by atoms with Crippen LogP contribution in [0, 0.1) is 0 Å². The molecule has 0 atom stereocenters. The van der Waals surface area contributed by atoms with E-state index in [0.29, 0.717) is 23.2 Å². The van der Waals surface area contributed by atoms with E-state index in [2.05, 4.69) is 20.9 Å². The summed E-state index contributed by atoms with van der Waals surface area (Å²) >= 11 is 3.27. The van der Waals surface area contributed by atoms with Gasteiger partial charge in [0.1, 0.15) is 11.6 Å². The van der Waals surface area contributed by atoms with E-state index >= 15 is 0 Å². The Bertz CT molecular complexity index is 712. The molecule has 0 radical (unpaired) electrons. The first kappa shape index (κ1) is 15.0. The van der Waals surface area contributed by atoms with E-state index in [1.165, 1.54) is 12.1 Å².